The Morgan fingerprint density at radius 2 is 2.33 bits per heavy atom. The van der Waals surface area contributed by atoms with Crippen molar-refractivity contribution >= 4 is 27.3 Å². The Labute approximate surface area is 113 Å². The first-order valence-corrected chi connectivity index (χ1v) is 6.18. The van der Waals surface area contributed by atoms with Gasteiger partial charge >= 0.3 is 0 Å². The number of nitrogens with one attached hydrogen (secondary N) is 1. The van der Waals surface area contributed by atoms with Gasteiger partial charge in [-0.15, -0.1) is 0 Å². The van der Waals surface area contributed by atoms with Crippen LogP contribution in [-0.2, 0) is 4.74 Å². The number of nitrogens with zero attached hydrogens (tertiary/aromatic N) is 1. The Balaban J connectivity index is 2.92. The van der Waals surface area contributed by atoms with Gasteiger partial charge in [0, 0.05) is 24.3 Å². The largest absolute Gasteiger partial charge is 0.396 e. The second kappa shape index (κ2) is 7.30. The van der Waals surface area contributed by atoms with Crippen LogP contribution in [0.2, 0.25) is 0 Å². The van der Waals surface area contributed by atoms with Crippen LogP contribution >= 0.6 is 15.9 Å². The molecule has 0 radical (unpaired) electrons. The van der Waals surface area contributed by atoms with E-state index >= 15 is 0 Å². The molecule has 0 aliphatic rings. The number of halogens is 1. The predicted molar refractivity (Wildman–Crippen MR) is 71.8 cm³/mol. The van der Waals surface area contributed by atoms with Gasteiger partial charge in [-0.2, -0.15) is 0 Å². The normalized spacial score (nSPS) is 12.2. The smallest absolute Gasteiger partial charge is 0.292 e. The number of nitro benzene ring substituents is 1. The Hall–Kier alpha value is -1.18. The summed E-state index contributed by atoms with van der Waals surface area (Å²) in [6.45, 7) is 0.354. The van der Waals surface area contributed by atoms with E-state index in [1.165, 1.54) is 6.07 Å². The molecule has 1 aromatic rings. The van der Waals surface area contributed by atoms with Crippen molar-refractivity contribution in [2.75, 3.05) is 25.6 Å². The summed E-state index contributed by atoms with van der Waals surface area (Å²) in [4.78, 5) is 10.5. The molecular formula is C11H15BrN2O4. The van der Waals surface area contributed by atoms with E-state index in [0.29, 0.717) is 18.7 Å². The Kier molecular flexibility index (Phi) is 6.03. The van der Waals surface area contributed by atoms with Gasteiger partial charge in [-0.25, -0.2) is 0 Å². The average molecular weight is 319 g/mol. The number of anilines is 1. The fourth-order valence-corrected chi connectivity index (χ4v) is 1.92. The van der Waals surface area contributed by atoms with Crippen LogP contribution in [0.1, 0.15) is 6.42 Å². The van der Waals surface area contributed by atoms with E-state index in [-0.39, 0.29) is 18.3 Å². The lowest BCUT2D eigenvalue weighted by Crippen LogP contribution is -2.26. The molecular weight excluding hydrogens is 304 g/mol. The van der Waals surface area contributed by atoms with Crippen LogP contribution in [0.3, 0.4) is 0 Å². The fraction of sp³-hybridized carbons (Fsp3) is 0.455. The van der Waals surface area contributed by atoms with Crippen molar-refractivity contribution < 1.29 is 14.8 Å². The lowest BCUT2D eigenvalue weighted by atomic mass is 10.2. The molecule has 1 atom stereocenters. The highest BCUT2D eigenvalue weighted by molar-refractivity contribution is 9.10. The number of aliphatic hydroxyl groups is 1. The van der Waals surface area contributed by atoms with Crippen molar-refractivity contribution in [3.8, 4) is 0 Å². The minimum Gasteiger partial charge on any atom is -0.396 e. The zero-order valence-corrected chi connectivity index (χ0v) is 11.5. The molecule has 100 valence electrons. The summed E-state index contributed by atoms with van der Waals surface area (Å²) in [5.74, 6) is 0. The molecule has 7 heteroatoms. The third-order valence-electron chi connectivity index (χ3n) is 2.36. The molecule has 0 saturated carbocycles. The molecule has 6 nitrogen and oxygen atoms in total. The monoisotopic (exact) mass is 318 g/mol. The molecule has 2 N–H and O–H groups in total. The number of hydrogen-bond acceptors (Lipinski definition) is 5. The molecule has 0 spiro atoms. The summed E-state index contributed by atoms with van der Waals surface area (Å²) >= 11 is 3.27. The van der Waals surface area contributed by atoms with Crippen LogP contribution in [0, 0.1) is 10.1 Å². The maximum atomic E-state index is 10.9. The second-order valence-electron chi connectivity index (χ2n) is 3.73. The second-order valence-corrected chi connectivity index (χ2v) is 4.64. The lowest BCUT2D eigenvalue weighted by Gasteiger charge is -2.18. The molecule has 1 unspecified atom stereocenters. The van der Waals surface area contributed by atoms with Crippen molar-refractivity contribution in [1.82, 2.24) is 0 Å². The molecule has 0 aliphatic heterocycles. The summed E-state index contributed by atoms with van der Waals surface area (Å²) in [5, 5.41) is 22.9. The number of methoxy groups -OCH3 is 1. The van der Waals surface area contributed by atoms with Crippen LogP contribution < -0.4 is 5.32 Å². The van der Waals surface area contributed by atoms with Gasteiger partial charge in [0.15, 0.2) is 0 Å². The zero-order valence-electron chi connectivity index (χ0n) is 9.93. The molecule has 0 amide bonds. The van der Waals surface area contributed by atoms with Gasteiger partial charge in [0.2, 0.25) is 0 Å². The van der Waals surface area contributed by atoms with Gasteiger partial charge in [-0.1, -0.05) is 15.9 Å². The van der Waals surface area contributed by atoms with Gasteiger partial charge < -0.3 is 15.2 Å². The van der Waals surface area contributed by atoms with Crippen molar-refractivity contribution in [1.29, 1.82) is 0 Å². The van der Waals surface area contributed by atoms with Crippen LogP contribution in [0.25, 0.3) is 0 Å². The predicted octanol–water partition coefficient (Wildman–Crippen LogP) is 2.17. The van der Waals surface area contributed by atoms with Crippen molar-refractivity contribution in [2.24, 2.45) is 0 Å². The summed E-state index contributed by atoms with van der Waals surface area (Å²) < 4.78 is 5.75. The van der Waals surface area contributed by atoms with Gasteiger partial charge in [0.05, 0.1) is 17.6 Å². The molecule has 0 bridgehead atoms. The summed E-state index contributed by atoms with van der Waals surface area (Å²) in [5.41, 5.74) is 0.405. The Morgan fingerprint density at radius 3 is 2.89 bits per heavy atom. The fourth-order valence-electron chi connectivity index (χ4n) is 1.56. The Bertz CT molecular complexity index is 408. The van der Waals surface area contributed by atoms with Crippen LogP contribution in [0.5, 0.6) is 0 Å². The first-order chi connectivity index (χ1) is 8.58. The van der Waals surface area contributed by atoms with Crippen LogP contribution in [0.15, 0.2) is 22.7 Å². The molecule has 1 aromatic carbocycles. The maximum absolute atomic E-state index is 10.9. The molecule has 0 heterocycles. The van der Waals surface area contributed by atoms with E-state index in [2.05, 4.69) is 21.2 Å². The van der Waals surface area contributed by atoms with E-state index in [4.69, 9.17) is 9.84 Å². The third kappa shape index (κ3) is 4.25. The van der Waals surface area contributed by atoms with Gasteiger partial charge in [0.25, 0.3) is 5.69 Å². The molecule has 18 heavy (non-hydrogen) atoms. The van der Waals surface area contributed by atoms with Gasteiger partial charge in [0.1, 0.15) is 5.69 Å². The molecule has 0 saturated heterocycles. The van der Waals surface area contributed by atoms with E-state index in [9.17, 15) is 10.1 Å². The summed E-state index contributed by atoms with van der Waals surface area (Å²) in [6.07, 6.45) is 0.456. The topological polar surface area (TPSA) is 84.6 Å². The molecule has 0 aliphatic carbocycles. The first kappa shape index (κ1) is 14.9. The van der Waals surface area contributed by atoms with E-state index in [1.54, 1.807) is 19.2 Å². The molecule has 1 rings (SSSR count). The number of rotatable bonds is 7. The van der Waals surface area contributed by atoms with E-state index in [1.807, 2.05) is 0 Å². The maximum Gasteiger partial charge on any atom is 0.292 e. The molecule has 0 fully saturated rings. The summed E-state index contributed by atoms with van der Waals surface area (Å²) in [7, 11) is 1.54. The lowest BCUT2D eigenvalue weighted by molar-refractivity contribution is -0.384. The molecule has 0 aromatic heterocycles. The number of hydrogen-bond donors (Lipinski definition) is 2. The SMILES string of the molecule is COCC(CCO)Nc1cc(Br)ccc1[N+](=O)[O-]. The first-order valence-electron chi connectivity index (χ1n) is 5.38. The number of nitro groups is 1. The third-order valence-corrected chi connectivity index (χ3v) is 2.85. The van der Waals surface area contributed by atoms with Crippen molar-refractivity contribution in [2.45, 2.75) is 12.5 Å². The van der Waals surface area contributed by atoms with Crippen LogP contribution in [0.4, 0.5) is 11.4 Å². The number of aliphatic hydroxyl groups excluding tert-OH is 1. The minimum atomic E-state index is -0.447. The zero-order chi connectivity index (χ0) is 13.5. The number of benzene rings is 1. The standard InChI is InChI=1S/C11H15BrN2O4/c1-18-7-9(4-5-15)13-10-6-8(12)2-3-11(10)14(16)17/h2-3,6,9,13,15H,4-5,7H2,1H3. The van der Waals surface area contributed by atoms with E-state index in [0.717, 1.165) is 4.47 Å². The minimum absolute atomic E-state index is 0.00255. The highest BCUT2D eigenvalue weighted by atomic mass is 79.9. The summed E-state index contributed by atoms with van der Waals surface area (Å²) in [6, 6.07) is 4.50. The van der Waals surface area contributed by atoms with Crippen molar-refractivity contribution in [3.63, 3.8) is 0 Å². The van der Waals surface area contributed by atoms with Crippen molar-refractivity contribution in [3.05, 3.63) is 32.8 Å². The van der Waals surface area contributed by atoms with Gasteiger partial charge in [-0.05, 0) is 18.6 Å². The highest BCUT2D eigenvalue weighted by Crippen LogP contribution is 2.28. The van der Waals surface area contributed by atoms with E-state index < -0.39 is 4.92 Å². The van der Waals surface area contributed by atoms with Gasteiger partial charge in [-0.3, -0.25) is 10.1 Å². The highest BCUT2D eigenvalue weighted by Gasteiger charge is 2.17. The number of ether oxygens (including phenoxy) is 1. The quantitative estimate of drug-likeness (QED) is 0.594. The Morgan fingerprint density at radius 1 is 1.61 bits per heavy atom. The van der Waals surface area contributed by atoms with Crippen LogP contribution in [-0.4, -0.2) is 36.4 Å². The average Bonchev–Trinajstić information content (AvgIpc) is 2.29.